The first kappa shape index (κ1) is 51.3. The predicted octanol–water partition coefficient (Wildman–Crippen LogP) is 11.6. The van der Waals surface area contributed by atoms with Gasteiger partial charge < -0.3 is 23.8 Å². The number of ether oxygens (including phenoxy) is 3. The van der Waals surface area contributed by atoms with Gasteiger partial charge in [-0.05, 0) is 64.2 Å². The number of hydrogen-bond acceptors (Lipinski definition) is 6. The second-order valence-corrected chi connectivity index (χ2v) is 15.6. The van der Waals surface area contributed by atoms with Crippen molar-refractivity contribution < 1.29 is 38.2 Å². The summed E-state index contributed by atoms with van der Waals surface area (Å²) in [5.74, 6) is -1.51. The van der Waals surface area contributed by atoms with Crippen LogP contribution >= 0.6 is 0 Å². The molecule has 0 aromatic rings. The molecule has 0 spiro atoms. The minimum absolute atomic E-state index is 0.0493. The zero-order chi connectivity index (χ0) is 40.0. The van der Waals surface area contributed by atoms with Crippen LogP contribution < -0.4 is 0 Å². The molecule has 0 saturated heterocycles. The highest BCUT2D eigenvalue weighted by atomic mass is 16.6. The lowest BCUT2D eigenvalue weighted by molar-refractivity contribution is -0.887. The van der Waals surface area contributed by atoms with Crippen molar-refractivity contribution in [1.29, 1.82) is 0 Å². The lowest BCUT2D eigenvalue weighted by Crippen LogP contribution is -2.50. The molecular weight excluding hydrogens is 679 g/mol. The lowest BCUT2D eigenvalue weighted by atomic mass is 10.1. The van der Waals surface area contributed by atoms with E-state index in [-0.39, 0.29) is 36.2 Å². The summed E-state index contributed by atoms with van der Waals surface area (Å²) in [6.07, 6.45) is 43.0. The first-order valence-electron chi connectivity index (χ1n) is 21.7. The van der Waals surface area contributed by atoms with E-state index in [1.165, 1.54) is 51.4 Å². The number of carbonyl (C=O) groups is 3. The van der Waals surface area contributed by atoms with Gasteiger partial charge in [0.2, 0.25) is 0 Å². The van der Waals surface area contributed by atoms with Crippen LogP contribution in [0.1, 0.15) is 174 Å². The van der Waals surface area contributed by atoms with Crippen molar-refractivity contribution >= 4 is 17.9 Å². The fraction of sp³-hybridized carbons (Fsp3) is 0.761. The highest BCUT2D eigenvalue weighted by Crippen LogP contribution is 2.13. The molecule has 8 nitrogen and oxygen atoms in total. The van der Waals surface area contributed by atoms with E-state index in [1.807, 2.05) is 21.1 Å². The van der Waals surface area contributed by atoms with E-state index >= 15 is 0 Å². The third kappa shape index (κ3) is 35.0. The van der Waals surface area contributed by atoms with E-state index in [0.29, 0.717) is 19.3 Å². The summed E-state index contributed by atoms with van der Waals surface area (Å²) in [6, 6.07) is -0.620. The number of allylic oxidation sites excluding steroid dienone is 8. The van der Waals surface area contributed by atoms with Gasteiger partial charge in [0.15, 0.2) is 12.1 Å². The van der Waals surface area contributed by atoms with Crippen molar-refractivity contribution in [2.75, 3.05) is 41.0 Å². The number of quaternary nitrogens is 1. The quantitative estimate of drug-likeness (QED) is 0.0220. The molecule has 2 unspecified atom stereocenters. The highest BCUT2D eigenvalue weighted by molar-refractivity contribution is 5.72. The molecule has 0 radical (unpaired) electrons. The molecular formula is C46H82NO7+. The third-order valence-electron chi connectivity index (χ3n) is 9.49. The van der Waals surface area contributed by atoms with Crippen molar-refractivity contribution in [3.8, 4) is 0 Å². The Balaban J connectivity index is 4.39. The van der Waals surface area contributed by atoms with Crippen LogP contribution in [0.15, 0.2) is 48.6 Å². The van der Waals surface area contributed by atoms with E-state index in [4.69, 9.17) is 14.2 Å². The summed E-state index contributed by atoms with van der Waals surface area (Å²) >= 11 is 0. The van der Waals surface area contributed by atoms with Crippen LogP contribution in [-0.4, -0.2) is 80.6 Å². The second kappa shape index (κ2) is 37.2. The van der Waals surface area contributed by atoms with Gasteiger partial charge in [0.05, 0.1) is 34.4 Å². The van der Waals surface area contributed by atoms with Crippen molar-refractivity contribution in [1.82, 2.24) is 0 Å². The molecule has 0 aromatic carbocycles. The van der Waals surface area contributed by atoms with E-state index in [9.17, 15) is 19.5 Å². The van der Waals surface area contributed by atoms with Gasteiger partial charge in [-0.3, -0.25) is 9.59 Å². The summed E-state index contributed by atoms with van der Waals surface area (Å²) in [6.45, 7) is 4.58. The molecule has 0 aliphatic carbocycles. The molecule has 1 N–H and O–H groups in total. The van der Waals surface area contributed by atoms with E-state index in [2.05, 4.69) is 62.5 Å². The largest absolute Gasteiger partial charge is 0.477 e. The smallest absolute Gasteiger partial charge is 0.362 e. The van der Waals surface area contributed by atoms with Gasteiger partial charge in [-0.1, -0.05) is 140 Å². The van der Waals surface area contributed by atoms with Crippen LogP contribution in [0.4, 0.5) is 0 Å². The number of hydrogen-bond donors (Lipinski definition) is 1. The Bertz CT molecular complexity index is 1030. The van der Waals surface area contributed by atoms with Gasteiger partial charge >= 0.3 is 17.9 Å². The number of carboxylic acids is 1. The molecule has 0 amide bonds. The van der Waals surface area contributed by atoms with Gasteiger partial charge in [0, 0.05) is 19.3 Å². The summed E-state index contributed by atoms with van der Waals surface area (Å²) in [7, 11) is 5.51. The number of aliphatic carboxylic acids is 1. The fourth-order valence-corrected chi connectivity index (χ4v) is 6.12. The molecule has 8 heteroatoms. The zero-order valence-electron chi connectivity index (χ0n) is 35.4. The first-order valence-corrected chi connectivity index (χ1v) is 21.7. The Morgan fingerprint density at radius 3 is 1.63 bits per heavy atom. The first-order chi connectivity index (χ1) is 26.1. The molecule has 0 rings (SSSR count). The van der Waals surface area contributed by atoms with E-state index < -0.39 is 18.1 Å². The van der Waals surface area contributed by atoms with Crippen LogP contribution in [0.3, 0.4) is 0 Å². The van der Waals surface area contributed by atoms with E-state index in [0.717, 1.165) is 89.9 Å². The van der Waals surface area contributed by atoms with Crippen LogP contribution in [0, 0.1) is 0 Å². The number of carboxylic acid groups (broad SMARTS) is 1. The summed E-state index contributed by atoms with van der Waals surface area (Å²) in [5.41, 5.74) is 0. The number of carbonyl (C=O) groups excluding carboxylic acids is 2. The summed E-state index contributed by atoms with van der Waals surface area (Å²) < 4.78 is 17.2. The van der Waals surface area contributed by atoms with Crippen molar-refractivity contribution in [2.45, 2.75) is 187 Å². The van der Waals surface area contributed by atoms with Gasteiger partial charge in [-0.25, -0.2) is 4.79 Å². The van der Waals surface area contributed by atoms with Gasteiger partial charge in [0.25, 0.3) is 0 Å². The van der Waals surface area contributed by atoms with E-state index in [1.54, 1.807) is 0 Å². The molecule has 2 atom stereocenters. The summed E-state index contributed by atoms with van der Waals surface area (Å²) in [5, 5.41) is 9.61. The molecule has 0 fully saturated rings. The third-order valence-corrected chi connectivity index (χ3v) is 9.49. The molecule has 0 heterocycles. The lowest BCUT2D eigenvalue weighted by Gasteiger charge is -2.31. The zero-order valence-corrected chi connectivity index (χ0v) is 35.4. The SMILES string of the molecule is CC/C=C/C/C=C/CCCCCCCC(=O)OCC(COCCC(C(=O)O)[N+](C)(C)C)OC(=O)CCCCCCC/C=C/C=C/CCCCCCCCC. The van der Waals surface area contributed by atoms with Crippen LogP contribution in [0.5, 0.6) is 0 Å². The Hall–Kier alpha value is -2.71. The van der Waals surface area contributed by atoms with Crippen LogP contribution in [0.2, 0.25) is 0 Å². The predicted molar refractivity (Wildman–Crippen MR) is 224 cm³/mol. The molecule has 0 aliphatic rings. The molecule has 0 aromatic heterocycles. The average Bonchev–Trinajstić information content (AvgIpc) is 3.12. The van der Waals surface area contributed by atoms with Gasteiger partial charge in [-0.15, -0.1) is 0 Å². The normalized spacial score (nSPS) is 13.4. The summed E-state index contributed by atoms with van der Waals surface area (Å²) in [4.78, 5) is 36.9. The van der Waals surface area contributed by atoms with Crippen LogP contribution in [0.25, 0.3) is 0 Å². The Kier molecular flexibility index (Phi) is 35.4. The molecule has 0 bridgehead atoms. The molecule has 0 saturated carbocycles. The maximum Gasteiger partial charge on any atom is 0.362 e. The number of unbranched alkanes of at least 4 members (excludes halogenated alkanes) is 17. The fourth-order valence-electron chi connectivity index (χ4n) is 6.12. The average molecular weight is 761 g/mol. The van der Waals surface area contributed by atoms with Gasteiger partial charge in [-0.2, -0.15) is 0 Å². The molecule has 312 valence electrons. The van der Waals surface area contributed by atoms with Crippen molar-refractivity contribution in [3.05, 3.63) is 48.6 Å². The monoisotopic (exact) mass is 761 g/mol. The maximum absolute atomic E-state index is 12.7. The van der Waals surface area contributed by atoms with Crippen molar-refractivity contribution in [3.63, 3.8) is 0 Å². The number of likely N-dealkylation sites (N-methyl/N-ethyl adjacent to an activating group) is 1. The number of nitrogens with zero attached hydrogens (tertiary/aromatic N) is 1. The number of esters is 2. The van der Waals surface area contributed by atoms with Crippen molar-refractivity contribution in [2.24, 2.45) is 0 Å². The number of rotatable bonds is 38. The molecule has 0 aliphatic heterocycles. The molecule has 54 heavy (non-hydrogen) atoms. The minimum Gasteiger partial charge on any atom is -0.477 e. The standard InChI is InChI=1S/C46H81NO7/c1-6-8-10-12-14-16-18-20-21-22-23-24-25-27-29-31-33-35-37-45(49)54-42(40-52-39-38-43(46(50)51)47(3,4)5)41-53-44(48)36-34-32-30-28-26-19-17-15-13-11-9-7-2/h9,11,15,17,21-24,42-43H,6-8,10,12-14,16,18-20,25-41H2,1-5H3/p+1/b11-9+,17-15+,22-21+,24-23+. The Labute approximate surface area is 331 Å². The highest BCUT2D eigenvalue weighted by Gasteiger charge is 2.31. The van der Waals surface area contributed by atoms with Crippen LogP contribution in [-0.2, 0) is 28.6 Å². The Morgan fingerprint density at radius 2 is 1.09 bits per heavy atom. The Morgan fingerprint density at radius 1 is 0.593 bits per heavy atom. The minimum atomic E-state index is -0.881. The maximum atomic E-state index is 12.7. The van der Waals surface area contributed by atoms with Gasteiger partial charge in [0.1, 0.15) is 6.61 Å². The second-order valence-electron chi connectivity index (χ2n) is 15.6. The topological polar surface area (TPSA) is 99.1 Å².